The molecular formula is C6H7F3N2S. The molecule has 1 atom stereocenters. The highest BCUT2D eigenvalue weighted by atomic mass is 32.1. The molecule has 0 saturated heterocycles. The summed E-state index contributed by atoms with van der Waals surface area (Å²) in [6.45, 7) is 0. The molecule has 12 heavy (non-hydrogen) atoms. The van der Waals surface area contributed by atoms with E-state index in [0.29, 0.717) is 5.00 Å². The van der Waals surface area contributed by atoms with Crippen LogP contribution < -0.4 is 11.5 Å². The van der Waals surface area contributed by atoms with Crippen LogP contribution in [0.15, 0.2) is 12.1 Å². The fourth-order valence-corrected chi connectivity index (χ4v) is 1.50. The largest absolute Gasteiger partial charge is 0.408 e. The number of halogens is 3. The van der Waals surface area contributed by atoms with E-state index < -0.39 is 12.2 Å². The lowest BCUT2D eigenvalue weighted by atomic mass is 10.2. The molecule has 0 radical (unpaired) electrons. The van der Waals surface area contributed by atoms with E-state index in [-0.39, 0.29) is 4.88 Å². The predicted molar refractivity (Wildman–Crippen MR) is 41.7 cm³/mol. The molecule has 0 aliphatic rings. The molecule has 0 spiro atoms. The van der Waals surface area contributed by atoms with Crippen molar-refractivity contribution >= 4 is 16.3 Å². The van der Waals surface area contributed by atoms with Crippen LogP contribution in [0, 0.1) is 0 Å². The van der Waals surface area contributed by atoms with Crippen LogP contribution in [0.4, 0.5) is 18.2 Å². The summed E-state index contributed by atoms with van der Waals surface area (Å²) < 4.78 is 36.0. The lowest BCUT2D eigenvalue weighted by molar-refractivity contribution is -0.148. The third-order valence-corrected chi connectivity index (χ3v) is 2.30. The Labute approximate surface area is 71.0 Å². The summed E-state index contributed by atoms with van der Waals surface area (Å²) in [6.07, 6.45) is -4.39. The number of hydrogen-bond acceptors (Lipinski definition) is 3. The number of anilines is 1. The molecule has 0 aromatic carbocycles. The first-order valence-corrected chi connectivity index (χ1v) is 3.90. The Kier molecular flexibility index (Phi) is 2.29. The quantitative estimate of drug-likeness (QED) is 0.720. The maximum absolute atomic E-state index is 12.0. The molecule has 1 aromatic heterocycles. The molecule has 1 aromatic rings. The second kappa shape index (κ2) is 2.95. The summed E-state index contributed by atoms with van der Waals surface area (Å²) in [5.74, 6) is 0. The van der Waals surface area contributed by atoms with Crippen LogP contribution in [-0.4, -0.2) is 6.18 Å². The highest BCUT2D eigenvalue weighted by Crippen LogP contribution is 2.34. The van der Waals surface area contributed by atoms with Gasteiger partial charge in [-0.15, -0.1) is 11.3 Å². The van der Waals surface area contributed by atoms with Crippen molar-refractivity contribution in [2.45, 2.75) is 12.2 Å². The van der Waals surface area contributed by atoms with Crippen LogP contribution in [0.5, 0.6) is 0 Å². The van der Waals surface area contributed by atoms with Crippen molar-refractivity contribution in [2.75, 3.05) is 5.73 Å². The molecule has 4 N–H and O–H groups in total. The number of alkyl halides is 3. The van der Waals surface area contributed by atoms with Gasteiger partial charge >= 0.3 is 6.18 Å². The highest BCUT2D eigenvalue weighted by Gasteiger charge is 2.38. The zero-order valence-electron chi connectivity index (χ0n) is 5.93. The van der Waals surface area contributed by atoms with Crippen LogP contribution in [0.1, 0.15) is 10.9 Å². The van der Waals surface area contributed by atoms with Crippen molar-refractivity contribution in [3.8, 4) is 0 Å². The van der Waals surface area contributed by atoms with Crippen molar-refractivity contribution in [2.24, 2.45) is 5.73 Å². The lowest BCUT2D eigenvalue weighted by Crippen LogP contribution is -2.27. The van der Waals surface area contributed by atoms with Crippen LogP contribution >= 0.6 is 11.3 Å². The van der Waals surface area contributed by atoms with E-state index in [0.717, 1.165) is 11.3 Å². The van der Waals surface area contributed by atoms with Crippen LogP contribution in [0.3, 0.4) is 0 Å². The molecule has 0 amide bonds. The van der Waals surface area contributed by atoms with Gasteiger partial charge in [-0.3, -0.25) is 0 Å². The molecule has 68 valence electrons. The first kappa shape index (κ1) is 9.34. The first-order valence-electron chi connectivity index (χ1n) is 3.09. The number of hydrogen-bond donors (Lipinski definition) is 2. The second-order valence-electron chi connectivity index (χ2n) is 2.26. The topological polar surface area (TPSA) is 52.0 Å². The molecule has 0 saturated carbocycles. The summed E-state index contributed by atoms with van der Waals surface area (Å²) in [7, 11) is 0. The highest BCUT2D eigenvalue weighted by molar-refractivity contribution is 7.15. The van der Waals surface area contributed by atoms with E-state index in [1.54, 1.807) is 0 Å². The Morgan fingerprint density at radius 1 is 1.33 bits per heavy atom. The third-order valence-electron chi connectivity index (χ3n) is 1.31. The fraction of sp³-hybridized carbons (Fsp3) is 0.333. The minimum Gasteiger partial charge on any atom is -0.391 e. The van der Waals surface area contributed by atoms with E-state index in [1.165, 1.54) is 12.1 Å². The molecule has 0 unspecified atom stereocenters. The molecule has 0 aliphatic heterocycles. The zero-order chi connectivity index (χ0) is 9.35. The van der Waals surface area contributed by atoms with Crippen molar-refractivity contribution in [3.63, 3.8) is 0 Å². The average Bonchev–Trinajstić information content (AvgIpc) is 2.32. The van der Waals surface area contributed by atoms with E-state index in [2.05, 4.69) is 0 Å². The summed E-state index contributed by atoms with van der Waals surface area (Å²) in [4.78, 5) is 0.0417. The average molecular weight is 196 g/mol. The van der Waals surface area contributed by atoms with Crippen molar-refractivity contribution in [1.29, 1.82) is 0 Å². The van der Waals surface area contributed by atoms with Gasteiger partial charge < -0.3 is 11.5 Å². The summed E-state index contributed by atoms with van der Waals surface area (Å²) in [6, 6.07) is 0.781. The molecule has 6 heteroatoms. The zero-order valence-corrected chi connectivity index (χ0v) is 6.75. The smallest absolute Gasteiger partial charge is 0.391 e. The van der Waals surface area contributed by atoms with Crippen molar-refractivity contribution in [1.82, 2.24) is 0 Å². The molecule has 1 rings (SSSR count). The van der Waals surface area contributed by atoms with Gasteiger partial charge in [-0.05, 0) is 12.1 Å². The van der Waals surface area contributed by atoms with Crippen LogP contribution in [0.2, 0.25) is 0 Å². The SMILES string of the molecule is Nc1ccc([C@H](N)C(F)(F)F)s1. The monoisotopic (exact) mass is 196 g/mol. The maximum Gasteiger partial charge on any atom is 0.408 e. The Morgan fingerprint density at radius 3 is 2.25 bits per heavy atom. The summed E-state index contributed by atoms with van der Waals surface area (Å²) >= 11 is 0.855. The number of nitrogens with two attached hydrogens (primary N) is 2. The fourth-order valence-electron chi connectivity index (χ4n) is 0.697. The van der Waals surface area contributed by atoms with Crippen LogP contribution in [-0.2, 0) is 0 Å². The Morgan fingerprint density at radius 2 is 1.92 bits per heavy atom. The van der Waals surface area contributed by atoms with E-state index >= 15 is 0 Å². The van der Waals surface area contributed by atoms with Gasteiger partial charge in [0.2, 0.25) is 0 Å². The van der Waals surface area contributed by atoms with Crippen molar-refractivity contribution in [3.05, 3.63) is 17.0 Å². The molecule has 0 bridgehead atoms. The minimum atomic E-state index is -4.39. The lowest BCUT2D eigenvalue weighted by Gasteiger charge is -2.12. The minimum absolute atomic E-state index is 0.0417. The maximum atomic E-state index is 12.0. The first-order chi connectivity index (χ1) is 5.41. The molecule has 2 nitrogen and oxygen atoms in total. The Balaban J connectivity index is 2.85. The van der Waals surface area contributed by atoms with Gasteiger partial charge in [0.05, 0.1) is 5.00 Å². The van der Waals surface area contributed by atoms with Gasteiger partial charge in [0.15, 0.2) is 0 Å². The number of rotatable bonds is 1. The summed E-state index contributed by atoms with van der Waals surface area (Å²) in [5.41, 5.74) is 10.2. The molecule has 0 fully saturated rings. The van der Waals surface area contributed by atoms with E-state index in [4.69, 9.17) is 11.5 Å². The Hall–Kier alpha value is -0.750. The van der Waals surface area contributed by atoms with E-state index in [9.17, 15) is 13.2 Å². The van der Waals surface area contributed by atoms with Gasteiger partial charge in [0.1, 0.15) is 6.04 Å². The van der Waals surface area contributed by atoms with Gasteiger partial charge in [0.25, 0.3) is 0 Å². The predicted octanol–water partition coefficient (Wildman–Crippen LogP) is 1.89. The third kappa shape index (κ3) is 1.89. The molecule has 1 heterocycles. The summed E-state index contributed by atoms with van der Waals surface area (Å²) in [5, 5.41) is 0.338. The Bertz CT molecular complexity index is 268. The van der Waals surface area contributed by atoms with Gasteiger partial charge in [-0.1, -0.05) is 0 Å². The van der Waals surface area contributed by atoms with Gasteiger partial charge in [-0.25, -0.2) is 0 Å². The standard InChI is InChI=1S/C6H7F3N2S/c7-6(8,9)5(11)3-1-2-4(10)12-3/h1-2,5H,10-11H2/t5-/m0/s1. The second-order valence-corrected chi connectivity index (χ2v) is 3.41. The molecular weight excluding hydrogens is 189 g/mol. The van der Waals surface area contributed by atoms with Gasteiger partial charge in [-0.2, -0.15) is 13.2 Å². The van der Waals surface area contributed by atoms with Crippen molar-refractivity contribution < 1.29 is 13.2 Å². The van der Waals surface area contributed by atoms with E-state index in [1.807, 2.05) is 0 Å². The number of thiophene rings is 1. The molecule has 0 aliphatic carbocycles. The number of nitrogen functional groups attached to an aromatic ring is 1. The van der Waals surface area contributed by atoms with Gasteiger partial charge in [0, 0.05) is 4.88 Å². The van der Waals surface area contributed by atoms with Crippen LogP contribution in [0.25, 0.3) is 0 Å². The normalized spacial score (nSPS) is 14.7.